The van der Waals surface area contributed by atoms with Gasteiger partial charge in [-0.1, -0.05) is 13.3 Å². The highest BCUT2D eigenvalue weighted by Crippen LogP contribution is 2.21. The average molecular weight is 275 g/mol. The highest BCUT2D eigenvalue weighted by molar-refractivity contribution is 5.93. The van der Waals surface area contributed by atoms with Crippen LogP contribution in [-0.2, 0) is 0 Å². The number of aromatic nitrogens is 1. The van der Waals surface area contributed by atoms with Crippen molar-refractivity contribution in [2.24, 2.45) is 5.92 Å². The highest BCUT2D eigenvalue weighted by Gasteiger charge is 2.21. The molecule has 2 heterocycles. The number of nitrogens with zero attached hydrogens (tertiary/aromatic N) is 2. The van der Waals surface area contributed by atoms with E-state index in [4.69, 9.17) is 0 Å². The minimum atomic E-state index is 0.0708. The van der Waals surface area contributed by atoms with Crippen LogP contribution >= 0.6 is 0 Å². The number of anilines is 1. The van der Waals surface area contributed by atoms with E-state index in [-0.39, 0.29) is 5.91 Å². The molecule has 0 saturated carbocycles. The van der Waals surface area contributed by atoms with Crippen LogP contribution < -0.4 is 5.32 Å². The van der Waals surface area contributed by atoms with Crippen LogP contribution in [0.25, 0.3) is 0 Å². The SMILES string of the molecule is CCNc1ccnc(C(=O)N2CCCC(CC)CC2)c1. The van der Waals surface area contributed by atoms with Gasteiger partial charge in [0.25, 0.3) is 5.91 Å². The molecule has 1 saturated heterocycles. The van der Waals surface area contributed by atoms with Crippen molar-refractivity contribution in [1.82, 2.24) is 9.88 Å². The predicted octanol–water partition coefficient (Wildman–Crippen LogP) is 3.17. The molecule has 0 spiro atoms. The van der Waals surface area contributed by atoms with Gasteiger partial charge in [0.05, 0.1) is 0 Å². The Labute approximate surface area is 121 Å². The normalized spacial score (nSPS) is 19.5. The maximum absolute atomic E-state index is 12.5. The summed E-state index contributed by atoms with van der Waals surface area (Å²) in [5.41, 5.74) is 1.52. The van der Waals surface area contributed by atoms with Crippen LogP contribution in [0.3, 0.4) is 0 Å². The summed E-state index contributed by atoms with van der Waals surface area (Å²) in [5.74, 6) is 0.843. The fraction of sp³-hybridized carbons (Fsp3) is 0.625. The molecule has 0 aliphatic carbocycles. The lowest BCUT2D eigenvalue weighted by Gasteiger charge is -2.20. The molecule has 4 heteroatoms. The van der Waals surface area contributed by atoms with Gasteiger partial charge < -0.3 is 10.2 Å². The molecule has 1 amide bonds. The molecule has 1 aliphatic heterocycles. The molecule has 1 aliphatic rings. The van der Waals surface area contributed by atoms with Crippen molar-refractivity contribution in [3.8, 4) is 0 Å². The van der Waals surface area contributed by atoms with Crippen LogP contribution in [0.15, 0.2) is 18.3 Å². The van der Waals surface area contributed by atoms with Crippen LogP contribution in [0.5, 0.6) is 0 Å². The van der Waals surface area contributed by atoms with E-state index in [2.05, 4.69) is 17.2 Å². The molecule has 1 atom stereocenters. The van der Waals surface area contributed by atoms with Crippen LogP contribution in [0.4, 0.5) is 5.69 Å². The van der Waals surface area contributed by atoms with Crippen molar-refractivity contribution in [2.75, 3.05) is 25.0 Å². The smallest absolute Gasteiger partial charge is 0.272 e. The average Bonchev–Trinajstić information content (AvgIpc) is 2.72. The van der Waals surface area contributed by atoms with E-state index >= 15 is 0 Å². The maximum Gasteiger partial charge on any atom is 0.272 e. The highest BCUT2D eigenvalue weighted by atomic mass is 16.2. The Morgan fingerprint density at radius 1 is 1.40 bits per heavy atom. The molecule has 0 radical (unpaired) electrons. The van der Waals surface area contributed by atoms with Crippen molar-refractivity contribution in [3.05, 3.63) is 24.0 Å². The van der Waals surface area contributed by atoms with Crippen molar-refractivity contribution in [3.63, 3.8) is 0 Å². The van der Waals surface area contributed by atoms with Gasteiger partial charge in [0, 0.05) is 31.5 Å². The van der Waals surface area contributed by atoms with Crippen LogP contribution in [0.1, 0.15) is 50.0 Å². The molecular weight excluding hydrogens is 250 g/mol. The second kappa shape index (κ2) is 7.27. The lowest BCUT2D eigenvalue weighted by atomic mass is 9.98. The Morgan fingerprint density at radius 2 is 2.25 bits per heavy atom. The first-order valence-electron chi connectivity index (χ1n) is 7.73. The van der Waals surface area contributed by atoms with Gasteiger partial charge in [0.15, 0.2) is 0 Å². The van der Waals surface area contributed by atoms with E-state index in [0.717, 1.165) is 44.1 Å². The first-order chi connectivity index (χ1) is 9.74. The Bertz CT molecular complexity index is 447. The molecule has 110 valence electrons. The first kappa shape index (κ1) is 14.8. The number of nitrogens with one attached hydrogen (secondary N) is 1. The van der Waals surface area contributed by atoms with Gasteiger partial charge in [0.2, 0.25) is 0 Å². The first-order valence-corrected chi connectivity index (χ1v) is 7.73. The summed E-state index contributed by atoms with van der Waals surface area (Å²) < 4.78 is 0. The quantitative estimate of drug-likeness (QED) is 0.918. The molecule has 1 unspecified atom stereocenters. The van der Waals surface area contributed by atoms with Crippen LogP contribution in [-0.4, -0.2) is 35.4 Å². The summed E-state index contributed by atoms with van der Waals surface area (Å²) in [4.78, 5) is 18.7. The third-order valence-corrected chi connectivity index (χ3v) is 4.07. The molecule has 1 fully saturated rings. The second-order valence-corrected chi connectivity index (χ2v) is 5.46. The lowest BCUT2D eigenvalue weighted by molar-refractivity contribution is 0.0754. The maximum atomic E-state index is 12.5. The number of carbonyl (C=O) groups is 1. The number of amides is 1. The Hall–Kier alpha value is -1.58. The summed E-state index contributed by atoms with van der Waals surface area (Å²) in [7, 11) is 0. The van der Waals surface area contributed by atoms with Crippen LogP contribution in [0.2, 0.25) is 0 Å². The summed E-state index contributed by atoms with van der Waals surface area (Å²) in [6.45, 7) is 6.86. The van der Waals surface area contributed by atoms with Crippen molar-refractivity contribution in [1.29, 1.82) is 0 Å². The molecule has 0 aromatic carbocycles. The second-order valence-electron chi connectivity index (χ2n) is 5.46. The van der Waals surface area contributed by atoms with Gasteiger partial charge in [-0.15, -0.1) is 0 Å². The van der Waals surface area contributed by atoms with Gasteiger partial charge in [-0.25, -0.2) is 0 Å². The Morgan fingerprint density at radius 3 is 3.00 bits per heavy atom. The largest absolute Gasteiger partial charge is 0.385 e. The van der Waals surface area contributed by atoms with E-state index in [1.165, 1.54) is 12.8 Å². The number of hydrogen-bond acceptors (Lipinski definition) is 3. The van der Waals surface area contributed by atoms with E-state index in [1.807, 2.05) is 24.0 Å². The zero-order valence-electron chi connectivity index (χ0n) is 12.6. The molecule has 2 rings (SSSR count). The van der Waals surface area contributed by atoms with E-state index in [0.29, 0.717) is 5.69 Å². The Balaban J connectivity index is 2.04. The zero-order chi connectivity index (χ0) is 14.4. The molecule has 1 aromatic heterocycles. The van der Waals surface area contributed by atoms with Crippen molar-refractivity contribution >= 4 is 11.6 Å². The minimum Gasteiger partial charge on any atom is -0.385 e. The summed E-state index contributed by atoms with van der Waals surface area (Å²) in [5, 5.41) is 3.22. The topological polar surface area (TPSA) is 45.2 Å². The molecule has 20 heavy (non-hydrogen) atoms. The number of rotatable bonds is 4. The number of pyridine rings is 1. The van der Waals surface area contributed by atoms with Gasteiger partial charge in [-0.2, -0.15) is 0 Å². The van der Waals surface area contributed by atoms with Gasteiger partial charge in [0.1, 0.15) is 5.69 Å². The minimum absolute atomic E-state index is 0.0708. The van der Waals surface area contributed by atoms with E-state index < -0.39 is 0 Å². The standard InChI is InChI=1S/C16H25N3O/c1-3-13-6-5-10-19(11-8-13)16(20)15-12-14(17-4-2)7-9-18-15/h7,9,12-13H,3-6,8,10-11H2,1-2H3,(H,17,18). The molecular formula is C16H25N3O. The monoisotopic (exact) mass is 275 g/mol. The van der Waals surface area contributed by atoms with E-state index in [1.54, 1.807) is 6.20 Å². The fourth-order valence-electron chi connectivity index (χ4n) is 2.80. The summed E-state index contributed by atoms with van der Waals surface area (Å²) in [6.07, 6.45) is 6.39. The summed E-state index contributed by atoms with van der Waals surface area (Å²) >= 11 is 0. The van der Waals surface area contributed by atoms with Gasteiger partial charge in [-0.3, -0.25) is 9.78 Å². The molecule has 4 nitrogen and oxygen atoms in total. The summed E-state index contributed by atoms with van der Waals surface area (Å²) in [6, 6.07) is 3.75. The predicted molar refractivity (Wildman–Crippen MR) is 81.9 cm³/mol. The van der Waals surface area contributed by atoms with Gasteiger partial charge in [-0.05, 0) is 44.2 Å². The third-order valence-electron chi connectivity index (χ3n) is 4.07. The van der Waals surface area contributed by atoms with E-state index in [9.17, 15) is 4.79 Å². The molecule has 1 N–H and O–H groups in total. The van der Waals surface area contributed by atoms with Crippen molar-refractivity contribution < 1.29 is 4.79 Å². The number of likely N-dealkylation sites (tertiary alicyclic amines) is 1. The lowest BCUT2D eigenvalue weighted by Crippen LogP contribution is -2.32. The number of carbonyl (C=O) groups excluding carboxylic acids is 1. The third kappa shape index (κ3) is 3.71. The molecule has 0 bridgehead atoms. The Kier molecular flexibility index (Phi) is 5.39. The fourth-order valence-corrected chi connectivity index (χ4v) is 2.80. The van der Waals surface area contributed by atoms with Crippen LogP contribution in [0, 0.1) is 5.92 Å². The van der Waals surface area contributed by atoms with Crippen molar-refractivity contribution in [2.45, 2.75) is 39.5 Å². The molecule has 1 aromatic rings. The van der Waals surface area contributed by atoms with Gasteiger partial charge >= 0.3 is 0 Å². The zero-order valence-corrected chi connectivity index (χ0v) is 12.6. The number of hydrogen-bond donors (Lipinski definition) is 1.